The van der Waals surface area contributed by atoms with Crippen molar-refractivity contribution in [3.8, 4) is 0 Å². The number of nitrogens with zero attached hydrogens (tertiary/aromatic N) is 4. The van der Waals surface area contributed by atoms with Gasteiger partial charge in [-0.05, 0) is 24.5 Å². The Morgan fingerprint density at radius 2 is 1.79 bits per heavy atom. The number of carbonyl (C=O) groups excluding carboxylic acids is 3. The van der Waals surface area contributed by atoms with Crippen molar-refractivity contribution >= 4 is 17.8 Å². The Morgan fingerprint density at radius 3 is 2.48 bits per heavy atom. The number of hydrogen-bond acceptors (Lipinski definition) is 5. The number of likely N-dealkylation sites (tertiary alicyclic amines) is 1. The second-order valence-electron chi connectivity index (χ2n) is 7.27. The molecular weight excluding hydrogens is 374 g/mol. The van der Waals surface area contributed by atoms with E-state index in [-0.39, 0.29) is 18.4 Å². The summed E-state index contributed by atoms with van der Waals surface area (Å²) in [5.74, 6) is -0.525. The highest BCUT2D eigenvalue weighted by Gasteiger charge is 2.54. The third kappa shape index (κ3) is 3.51. The summed E-state index contributed by atoms with van der Waals surface area (Å²) in [7, 11) is 0. The maximum atomic E-state index is 12.6. The minimum Gasteiger partial charge on any atom is -0.341 e. The van der Waals surface area contributed by atoms with E-state index < -0.39 is 17.3 Å². The second kappa shape index (κ2) is 7.50. The Bertz CT molecular complexity index is 995. The Kier molecular flexibility index (Phi) is 4.87. The third-order valence-corrected chi connectivity index (χ3v) is 5.62. The molecule has 0 radical (unpaired) electrons. The number of benzene rings is 1. The van der Waals surface area contributed by atoms with Crippen molar-refractivity contribution in [2.24, 2.45) is 0 Å². The fraction of sp³-hybridized carbons (Fsp3) is 0.350. The summed E-state index contributed by atoms with van der Waals surface area (Å²) < 4.78 is 1.25. The summed E-state index contributed by atoms with van der Waals surface area (Å²) >= 11 is 0. The number of amides is 4. The van der Waals surface area contributed by atoms with Crippen molar-refractivity contribution < 1.29 is 14.4 Å². The molecule has 4 rings (SSSR count). The first-order valence-corrected chi connectivity index (χ1v) is 9.46. The maximum absolute atomic E-state index is 12.6. The molecule has 4 amide bonds. The predicted molar refractivity (Wildman–Crippen MR) is 103 cm³/mol. The number of piperidine rings is 1. The SMILES string of the molecule is O=C(Cn1cccnc1=O)N1CCC2(CC1)C(=O)NC(=O)N2Cc1ccccc1. The first-order valence-electron chi connectivity index (χ1n) is 9.46. The van der Waals surface area contributed by atoms with Gasteiger partial charge in [0.05, 0.1) is 0 Å². The lowest BCUT2D eigenvalue weighted by atomic mass is 9.85. The molecule has 9 nitrogen and oxygen atoms in total. The highest BCUT2D eigenvalue weighted by Crippen LogP contribution is 2.34. The number of urea groups is 1. The van der Waals surface area contributed by atoms with Crippen molar-refractivity contribution in [1.29, 1.82) is 0 Å². The molecule has 0 saturated carbocycles. The molecule has 0 unspecified atom stereocenters. The molecule has 1 N–H and O–H groups in total. The van der Waals surface area contributed by atoms with Gasteiger partial charge in [0.1, 0.15) is 12.1 Å². The number of imide groups is 1. The van der Waals surface area contributed by atoms with E-state index >= 15 is 0 Å². The molecule has 3 heterocycles. The van der Waals surface area contributed by atoms with Gasteiger partial charge in [-0.15, -0.1) is 0 Å². The van der Waals surface area contributed by atoms with Crippen LogP contribution in [0, 0.1) is 0 Å². The van der Waals surface area contributed by atoms with Crippen molar-refractivity contribution in [3.05, 3.63) is 64.8 Å². The number of aromatic nitrogens is 2. The van der Waals surface area contributed by atoms with E-state index in [1.54, 1.807) is 15.9 Å². The molecule has 9 heteroatoms. The topological polar surface area (TPSA) is 105 Å². The van der Waals surface area contributed by atoms with Gasteiger partial charge in [0.2, 0.25) is 5.91 Å². The van der Waals surface area contributed by atoms with Gasteiger partial charge in [-0.2, -0.15) is 0 Å². The van der Waals surface area contributed by atoms with Crippen LogP contribution in [-0.4, -0.2) is 55.8 Å². The van der Waals surface area contributed by atoms with Gasteiger partial charge in [0, 0.05) is 32.0 Å². The van der Waals surface area contributed by atoms with Gasteiger partial charge >= 0.3 is 11.7 Å². The molecule has 0 bridgehead atoms. The number of rotatable bonds is 4. The van der Waals surface area contributed by atoms with Crippen LogP contribution in [0.25, 0.3) is 0 Å². The maximum Gasteiger partial charge on any atom is 0.347 e. The van der Waals surface area contributed by atoms with Crippen LogP contribution in [0.1, 0.15) is 18.4 Å². The standard InChI is InChI=1S/C20H21N5O4/c26-16(14-24-10-4-9-21-18(24)28)23-11-7-20(8-12-23)17(27)22-19(29)25(20)13-15-5-2-1-3-6-15/h1-6,9-10H,7-8,11-14H2,(H,22,27,29). The van der Waals surface area contributed by atoms with Gasteiger partial charge in [0.25, 0.3) is 5.91 Å². The van der Waals surface area contributed by atoms with E-state index in [1.807, 2.05) is 30.3 Å². The van der Waals surface area contributed by atoms with Crippen LogP contribution >= 0.6 is 0 Å². The molecule has 150 valence electrons. The number of nitrogens with one attached hydrogen (secondary N) is 1. The van der Waals surface area contributed by atoms with Crippen LogP contribution in [0.4, 0.5) is 4.79 Å². The van der Waals surface area contributed by atoms with Crippen molar-refractivity contribution in [2.45, 2.75) is 31.5 Å². The van der Waals surface area contributed by atoms with E-state index in [1.165, 1.54) is 17.0 Å². The molecule has 2 saturated heterocycles. The molecule has 1 spiro atoms. The number of hydrogen-bond donors (Lipinski definition) is 1. The predicted octanol–water partition coefficient (Wildman–Crippen LogP) is 0.357. The van der Waals surface area contributed by atoms with Crippen molar-refractivity contribution in [1.82, 2.24) is 24.7 Å². The highest BCUT2D eigenvalue weighted by atomic mass is 16.2. The molecule has 1 aromatic carbocycles. The zero-order chi connectivity index (χ0) is 20.4. The van der Waals surface area contributed by atoms with Gasteiger partial charge in [0.15, 0.2) is 0 Å². The van der Waals surface area contributed by atoms with Gasteiger partial charge in [-0.1, -0.05) is 30.3 Å². The Hall–Kier alpha value is -3.49. The normalized spacial score (nSPS) is 18.2. The Morgan fingerprint density at radius 1 is 1.07 bits per heavy atom. The molecule has 2 fully saturated rings. The summed E-state index contributed by atoms with van der Waals surface area (Å²) in [4.78, 5) is 56.2. The Labute approximate surface area is 166 Å². The molecule has 0 atom stereocenters. The lowest BCUT2D eigenvalue weighted by molar-refractivity contribution is -0.138. The zero-order valence-electron chi connectivity index (χ0n) is 15.8. The van der Waals surface area contributed by atoms with Gasteiger partial charge < -0.3 is 9.80 Å². The molecular formula is C20H21N5O4. The molecule has 2 aliphatic rings. The lowest BCUT2D eigenvalue weighted by Gasteiger charge is -2.42. The van der Waals surface area contributed by atoms with Crippen LogP contribution in [0.5, 0.6) is 0 Å². The van der Waals surface area contributed by atoms with Crippen LogP contribution in [0.15, 0.2) is 53.6 Å². The monoisotopic (exact) mass is 395 g/mol. The fourth-order valence-corrected chi connectivity index (χ4v) is 3.96. The van der Waals surface area contributed by atoms with Gasteiger partial charge in [-0.25, -0.2) is 14.6 Å². The fourth-order valence-electron chi connectivity index (χ4n) is 3.96. The van der Waals surface area contributed by atoms with Crippen LogP contribution in [0.2, 0.25) is 0 Å². The van der Waals surface area contributed by atoms with Gasteiger partial charge in [-0.3, -0.25) is 19.5 Å². The van der Waals surface area contributed by atoms with Crippen molar-refractivity contribution in [3.63, 3.8) is 0 Å². The van der Waals surface area contributed by atoms with E-state index in [0.29, 0.717) is 32.5 Å². The summed E-state index contributed by atoms with van der Waals surface area (Å²) in [6.07, 6.45) is 3.60. The molecule has 1 aromatic heterocycles. The van der Waals surface area contributed by atoms with E-state index in [2.05, 4.69) is 10.3 Å². The smallest absolute Gasteiger partial charge is 0.341 e. The zero-order valence-corrected chi connectivity index (χ0v) is 15.8. The molecule has 29 heavy (non-hydrogen) atoms. The van der Waals surface area contributed by atoms with E-state index in [9.17, 15) is 19.2 Å². The van der Waals surface area contributed by atoms with Crippen molar-refractivity contribution in [2.75, 3.05) is 13.1 Å². The van der Waals surface area contributed by atoms with Crippen LogP contribution in [0.3, 0.4) is 0 Å². The molecule has 0 aliphatic carbocycles. The minimum absolute atomic E-state index is 0.0987. The summed E-state index contributed by atoms with van der Waals surface area (Å²) in [5.41, 5.74) is -0.496. The summed E-state index contributed by atoms with van der Waals surface area (Å²) in [5, 5.41) is 2.43. The Balaban J connectivity index is 1.46. The average Bonchev–Trinajstić information content (AvgIpc) is 2.95. The molecule has 2 aliphatic heterocycles. The third-order valence-electron chi connectivity index (χ3n) is 5.62. The minimum atomic E-state index is -0.950. The summed E-state index contributed by atoms with van der Waals surface area (Å²) in [6.45, 7) is 0.898. The quantitative estimate of drug-likeness (QED) is 0.753. The summed E-state index contributed by atoms with van der Waals surface area (Å²) in [6, 6.07) is 10.7. The largest absolute Gasteiger partial charge is 0.347 e. The first kappa shape index (κ1) is 18.9. The van der Waals surface area contributed by atoms with E-state index in [0.717, 1.165) is 5.56 Å². The van der Waals surface area contributed by atoms with Crippen LogP contribution in [-0.2, 0) is 22.7 Å². The number of carbonyl (C=O) groups is 3. The molecule has 2 aromatic rings. The van der Waals surface area contributed by atoms with Crippen LogP contribution < -0.4 is 11.0 Å². The highest BCUT2D eigenvalue weighted by molar-refractivity contribution is 6.07. The lowest BCUT2D eigenvalue weighted by Crippen LogP contribution is -2.57. The first-order chi connectivity index (χ1) is 14.0. The van der Waals surface area contributed by atoms with E-state index in [4.69, 9.17) is 0 Å². The second-order valence-corrected chi connectivity index (χ2v) is 7.27. The average molecular weight is 395 g/mol.